The van der Waals surface area contributed by atoms with Gasteiger partial charge in [0, 0.05) is 7.05 Å². The monoisotopic (exact) mass is 211 g/mol. The molecule has 0 aromatic heterocycles. The van der Waals surface area contributed by atoms with Crippen molar-refractivity contribution in [2.24, 2.45) is 0 Å². The van der Waals surface area contributed by atoms with Crippen LogP contribution in [0.15, 0.2) is 48.6 Å². The van der Waals surface area contributed by atoms with Crippen LogP contribution in [0.5, 0.6) is 0 Å². The van der Waals surface area contributed by atoms with Crippen molar-refractivity contribution >= 4 is 11.8 Å². The molecular formula is C12H18ClN. The van der Waals surface area contributed by atoms with E-state index in [0.717, 1.165) is 11.1 Å². The van der Waals surface area contributed by atoms with Crippen LogP contribution >= 0.6 is 11.8 Å². The summed E-state index contributed by atoms with van der Waals surface area (Å²) in [5, 5.41) is 0. The molecule has 1 unspecified atom stereocenters. The summed E-state index contributed by atoms with van der Waals surface area (Å²) in [5.41, 5.74) is 2.17. The second-order valence-corrected chi connectivity index (χ2v) is 3.67. The molecule has 0 amide bonds. The number of rotatable bonds is 5. The summed E-state index contributed by atoms with van der Waals surface area (Å²) in [6.45, 7) is 11.6. The number of nitrogens with zero attached hydrogens (tertiary/aromatic N) is 1. The van der Waals surface area contributed by atoms with Gasteiger partial charge in [-0.15, -0.1) is 6.58 Å². The molecule has 0 fully saturated rings. The predicted octanol–water partition coefficient (Wildman–Crippen LogP) is 3.71. The van der Waals surface area contributed by atoms with E-state index in [1.807, 2.05) is 32.1 Å². The van der Waals surface area contributed by atoms with Crippen molar-refractivity contribution in [2.45, 2.75) is 19.9 Å². The fraction of sp³-hybridized carbons (Fsp3) is 0.333. The third-order valence-corrected chi connectivity index (χ3v) is 2.15. The van der Waals surface area contributed by atoms with Gasteiger partial charge in [-0.3, -0.25) is 0 Å². The first kappa shape index (κ1) is 13.2. The SMILES string of the molecule is C=CC(/C=C\C(=C\C)C(=C)C)N(C)Cl. The lowest BCUT2D eigenvalue weighted by Crippen LogP contribution is -2.17. The minimum atomic E-state index is 0.0472. The Morgan fingerprint density at radius 1 is 1.50 bits per heavy atom. The lowest BCUT2D eigenvalue weighted by atomic mass is 10.1. The summed E-state index contributed by atoms with van der Waals surface area (Å²) in [4.78, 5) is 0. The van der Waals surface area contributed by atoms with E-state index in [2.05, 4.69) is 13.2 Å². The van der Waals surface area contributed by atoms with Crippen LogP contribution in [0, 0.1) is 0 Å². The Morgan fingerprint density at radius 2 is 2.07 bits per heavy atom. The van der Waals surface area contributed by atoms with Crippen LogP contribution in [-0.2, 0) is 0 Å². The zero-order valence-electron chi connectivity index (χ0n) is 9.13. The van der Waals surface area contributed by atoms with E-state index >= 15 is 0 Å². The van der Waals surface area contributed by atoms with Crippen LogP contribution in [0.1, 0.15) is 13.8 Å². The molecule has 14 heavy (non-hydrogen) atoms. The van der Waals surface area contributed by atoms with Gasteiger partial charge in [-0.05, 0) is 31.2 Å². The van der Waals surface area contributed by atoms with E-state index < -0.39 is 0 Å². The van der Waals surface area contributed by atoms with Gasteiger partial charge in [-0.2, -0.15) is 0 Å². The Bertz CT molecular complexity index is 261. The second-order valence-electron chi connectivity index (χ2n) is 3.13. The Kier molecular flexibility index (Phi) is 6.26. The number of likely N-dealkylation sites (N-methyl/N-ethyl adjacent to an activating group) is 1. The Hall–Kier alpha value is -0.790. The molecule has 0 spiro atoms. The normalized spacial score (nSPS) is 14.8. The second kappa shape index (κ2) is 6.63. The van der Waals surface area contributed by atoms with Crippen LogP contribution in [0.4, 0.5) is 0 Å². The van der Waals surface area contributed by atoms with E-state index in [9.17, 15) is 0 Å². The van der Waals surface area contributed by atoms with Gasteiger partial charge >= 0.3 is 0 Å². The average Bonchev–Trinajstić information content (AvgIpc) is 2.11. The third kappa shape index (κ3) is 4.45. The minimum Gasteiger partial charge on any atom is -0.213 e. The number of hydrogen-bond donors (Lipinski definition) is 0. The quantitative estimate of drug-likeness (QED) is 0.381. The van der Waals surface area contributed by atoms with Crippen LogP contribution in [0.25, 0.3) is 0 Å². The number of allylic oxidation sites excluding steroid dienone is 4. The molecule has 0 rings (SSSR count). The van der Waals surface area contributed by atoms with Crippen molar-refractivity contribution in [2.75, 3.05) is 7.05 Å². The van der Waals surface area contributed by atoms with Crippen LogP contribution in [0.3, 0.4) is 0 Å². The molecule has 0 bridgehead atoms. The topological polar surface area (TPSA) is 3.24 Å². The van der Waals surface area contributed by atoms with Crippen molar-refractivity contribution in [3.05, 3.63) is 48.6 Å². The van der Waals surface area contributed by atoms with E-state index in [0.29, 0.717) is 0 Å². The number of hydrogen-bond acceptors (Lipinski definition) is 1. The highest BCUT2D eigenvalue weighted by molar-refractivity contribution is 6.13. The summed E-state index contributed by atoms with van der Waals surface area (Å²) in [6, 6.07) is 0.0472. The Labute approximate surface area is 92.2 Å². The molecule has 0 aliphatic rings. The largest absolute Gasteiger partial charge is 0.213 e. The summed E-state index contributed by atoms with van der Waals surface area (Å²) in [7, 11) is 1.80. The van der Waals surface area contributed by atoms with Crippen LogP contribution in [-0.4, -0.2) is 17.5 Å². The molecule has 0 heterocycles. The van der Waals surface area contributed by atoms with Gasteiger partial charge in [0.15, 0.2) is 0 Å². The smallest absolute Gasteiger partial charge is 0.0610 e. The summed E-state index contributed by atoms with van der Waals surface area (Å²) < 4.78 is 1.58. The van der Waals surface area contributed by atoms with Crippen LogP contribution < -0.4 is 0 Å². The molecule has 1 nitrogen and oxygen atoms in total. The van der Waals surface area contributed by atoms with Crippen molar-refractivity contribution in [1.29, 1.82) is 0 Å². The fourth-order valence-electron chi connectivity index (χ4n) is 1.03. The van der Waals surface area contributed by atoms with Gasteiger partial charge in [0.1, 0.15) is 0 Å². The van der Waals surface area contributed by atoms with Gasteiger partial charge in [0.25, 0.3) is 0 Å². The maximum absolute atomic E-state index is 5.82. The van der Waals surface area contributed by atoms with E-state index in [1.165, 1.54) is 0 Å². The highest BCUT2D eigenvalue weighted by atomic mass is 35.5. The molecule has 2 heteroatoms. The molecule has 1 atom stereocenters. The van der Waals surface area contributed by atoms with Gasteiger partial charge in [-0.1, -0.05) is 36.5 Å². The van der Waals surface area contributed by atoms with E-state index in [1.54, 1.807) is 17.5 Å². The molecule has 0 aromatic carbocycles. The highest BCUT2D eigenvalue weighted by Gasteiger charge is 2.03. The minimum absolute atomic E-state index is 0.0472. The molecule has 78 valence electrons. The first-order valence-electron chi connectivity index (χ1n) is 4.54. The maximum atomic E-state index is 5.82. The zero-order chi connectivity index (χ0) is 11.1. The predicted molar refractivity (Wildman–Crippen MR) is 65.3 cm³/mol. The molecule has 0 aromatic rings. The van der Waals surface area contributed by atoms with Gasteiger partial charge < -0.3 is 0 Å². The zero-order valence-corrected chi connectivity index (χ0v) is 9.88. The van der Waals surface area contributed by atoms with Gasteiger partial charge in [0.2, 0.25) is 0 Å². The Morgan fingerprint density at radius 3 is 2.36 bits per heavy atom. The highest BCUT2D eigenvalue weighted by Crippen LogP contribution is 2.10. The standard InChI is InChI=1S/C12H18ClN/c1-6-11(10(3)4)8-9-12(7-2)14(5)13/h6-9,12H,2-3H2,1,4-5H3/b9-8-,11-6-. The lowest BCUT2D eigenvalue weighted by molar-refractivity contribution is 0.530. The number of halogens is 1. The summed E-state index contributed by atoms with van der Waals surface area (Å²) in [5.74, 6) is 0. The van der Waals surface area contributed by atoms with Crippen molar-refractivity contribution in [1.82, 2.24) is 4.42 Å². The molecule has 0 saturated heterocycles. The van der Waals surface area contributed by atoms with Crippen molar-refractivity contribution in [3.8, 4) is 0 Å². The molecule has 0 aliphatic heterocycles. The molecular weight excluding hydrogens is 194 g/mol. The van der Waals surface area contributed by atoms with E-state index in [4.69, 9.17) is 11.8 Å². The molecule has 0 radical (unpaired) electrons. The van der Waals surface area contributed by atoms with E-state index in [-0.39, 0.29) is 6.04 Å². The molecule has 0 saturated carbocycles. The van der Waals surface area contributed by atoms with Crippen LogP contribution in [0.2, 0.25) is 0 Å². The van der Waals surface area contributed by atoms with Gasteiger partial charge in [-0.25, -0.2) is 4.42 Å². The molecule has 0 aliphatic carbocycles. The van der Waals surface area contributed by atoms with Gasteiger partial charge in [0.05, 0.1) is 6.04 Å². The maximum Gasteiger partial charge on any atom is 0.0610 e. The fourth-order valence-corrected chi connectivity index (χ4v) is 1.17. The third-order valence-electron chi connectivity index (χ3n) is 1.93. The first-order chi connectivity index (χ1) is 6.52. The van der Waals surface area contributed by atoms with Crippen molar-refractivity contribution < 1.29 is 0 Å². The van der Waals surface area contributed by atoms with Crippen molar-refractivity contribution in [3.63, 3.8) is 0 Å². The summed E-state index contributed by atoms with van der Waals surface area (Å²) >= 11 is 5.82. The Balaban J connectivity index is 4.55. The summed E-state index contributed by atoms with van der Waals surface area (Å²) in [6.07, 6.45) is 7.81. The first-order valence-corrected chi connectivity index (χ1v) is 4.88. The molecule has 0 N–H and O–H groups in total. The average molecular weight is 212 g/mol. The lowest BCUT2D eigenvalue weighted by Gasteiger charge is -2.13.